The lowest BCUT2D eigenvalue weighted by molar-refractivity contribution is -0.117. The Bertz CT molecular complexity index is 710. The summed E-state index contributed by atoms with van der Waals surface area (Å²) >= 11 is 0. The number of nitrogens with zero attached hydrogens (tertiary/aromatic N) is 1. The molecule has 1 aliphatic carbocycles. The Balaban J connectivity index is 1.53. The molecule has 2 aromatic rings. The zero-order valence-corrected chi connectivity index (χ0v) is 13.7. The van der Waals surface area contributed by atoms with Crippen LogP contribution >= 0.6 is 0 Å². The average molecular weight is 329 g/mol. The second kappa shape index (κ2) is 6.91. The van der Waals surface area contributed by atoms with Crippen LogP contribution in [0.5, 0.6) is 0 Å². The number of carbonyl (C=O) groups is 1. The van der Waals surface area contributed by atoms with Gasteiger partial charge in [0.2, 0.25) is 5.91 Å². The summed E-state index contributed by atoms with van der Waals surface area (Å²) in [7, 11) is -0.949. The lowest BCUT2D eigenvalue weighted by atomic mass is 10.2. The number of benzene rings is 1. The SMILES string of the molecule is C[S@@](=O)c1ccc(CNc2ccc(NC(=O)C3CC3)nc2)cc1. The Kier molecular flexibility index (Phi) is 4.71. The summed E-state index contributed by atoms with van der Waals surface area (Å²) in [6, 6.07) is 11.4. The van der Waals surface area contributed by atoms with Gasteiger partial charge in [-0.3, -0.25) is 9.00 Å². The van der Waals surface area contributed by atoms with Crippen LogP contribution in [0.25, 0.3) is 0 Å². The smallest absolute Gasteiger partial charge is 0.228 e. The Morgan fingerprint density at radius 2 is 1.96 bits per heavy atom. The number of anilines is 2. The molecule has 1 heterocycles. The van der Waals surface area contributed by atoms with Crippen molar-refractivity contribution in [1.82, 2.24) is 4.98 Å². The van der Waals surface area contributed by atoms with E-state index in [1.165, 1.54) is 0 Å². The number of aromatic nitrogens is 1. The summed E-state index contributed by atoms with van der Waals surface area (Å²) in [6.45, 7) is 0.659. The van der Waals surface area contributed by atoms with Crippen molar-refractivity contribution in [2.24, 2.45) is 5.92 Å². The molecule has 1 aliphatic rings. The van der Waals surface area contributed by atoms with Crippen molar-refractivity contribution in [3.8, 4) is 0 Å². The Morgan fingerprint density at radius 1 is 1.22 bits per heavy atom. The van der Waals surface area contributed by atoms with Crippen molar-refractivity contribution in [2.45, 2.75) is 24.3 Å². The van der Waals surface area contributed by atoms with Crippen LogP contribution in [0, 0.1) is 5.92 Å². The second-order valence-electron chi connectivity index (χ2n) is 5.65. The summed E-state index contributed by atoms with van der Waals surface area (Å²) in [4.78, 5) is 16.7. The molecule has 1 fully saturated rings. The van der Waals surface area contributed by atoms with Crippen molar-refractivity contribution in [1.29, 1.82) is 0 Å². The van der Waals surface area contributed by atoms with Gasteiger partial charge < -0.3 is 10.6 Å². The molecular weight excluding hydrogens is 310 g/mol. The zero-order valence-electron chi connectivity index (χ0n) is 12.9. The molecule has 1 atom stereocenters. The molecule has 0 radical (unpaired) electrons. The van der Waals surface area contributed by atoms with Crippen LogP contribution in [0.2, 0.25) is 0 Å². The van der Waals surface area contributed by atoms with Gasteiger partial charge in [-0.05, 0) is 42.7 Å². The third kappa shape index (κ3) is 4.39. The molecule has 0 saturated heterocycles. The molecule has 1 aromatic heterocycles. The average Bonchev–Trinajstić information content (AvgIpc) is 3.39. The first-order valence-electron chi connectivity index (χ1n) is 7.55. The second-order valence-corrected chi connectivity index (χ2v) is 7.03. The van der Waals surface area contributed by atoms with Crippen molar-refractivity contribution >= 4 is 28.2 Å². The molecule has 1 amide bonds. The minimum atomic E-state index is -0.949. The first kappa shape index (κ1) is 15.7. The fraction of sp³-hybridized carbons (Fsp3) is 0.294. The fourth-order valence-electron chi connectivity index (χ4n) is 2.15. The molecule has 2 N–H and O–H groups in total. The van der Waals surface area contributed by atoms with Gasteiger partial charge in [0, 0.05) is 34.4 Å². The number of carbonyl (C=O) groups excluding carboxylic acids is 1. The molecule has 0 bridgehead atoms. The number of nitrogens with one attached hydrogen (secondary N) is 2. The molecule has 23 heavy (non-hydrogen) atoms. The molecule has 0 aliphatic heterocycles. The number of hydrogen-bond donors (Lipinski definition) is 2. The van der Waals surface area contributed by atoms with Gasteiger partial charge in [0.25, 0.3) is 0 Å². The molecule has 1 saturated carbocycles. The maximum absolute atomic E-state index is 11.7. The van der Waals surface area contributed by atoms with Crippen molar-refractivity contribution in [2.75, 3.05) is 16.9 Å². The fourth-order valence-corrected chi connectivity index (χ4v) is 2.67. The quantitative estimate of drug-likeness (QED) is 0.855. The number of rotatable bonds is 6. The van der Waals surface area contributed by atoms with E-state index in [1.54, 1.807) is 18.5 Å². The van der Waals surface area contributed by atoms with Crippen LogP contribution in [-0.2, 0) is 22.1 Å². The highest BCUT2D eigenvalue weighted by molar-refractivity contribution is 7.84. The lowest BCUT2D eigenvalue weighted by Crippen LogP contribution is -2.14. The van der Waals surface area contributed by atoms with Crippen LogP contribution in [-0.4, -0.2) is 21.4 Å². The van der Waals surface area contributed by atoms with Crippen LogP contribution in [0.3, 0.4) is 0 Å². The highest BCUT2D eigenvalue weighted by atomic mass is 32.2. The highest BCUT2D eigenvalue weighted by Gasteiger charge is 2.29. The predicted octanol–water partition coefficient (Wildman–Crippen LogP) is 2.78. The Labute approximate surface area is 138 Å². The van der Waals surface area contributed by atoms with Gasteiger partial charge >= 0.3 is 0 Å². The molecule has 1 aromatic carbocycles. The topological polar surface area (TPSA) is 71.1 Å². The number of pyridine rings is 1. The van der Waals surface area contributed by atoms with E-state index in [2.05, 4.69) is 15.6 Å². The van der Waals surface area contributed by atoms with Gasteiger partial charge in [0.05, 0.1) is 11.9 Å². The van der Waals surface area contributed by atoms with E-state index in [4.69, 9.17) is 0 Å². The third-order valence-electron chi connectivity index (χ3n) is 3.71. The summed E-state index contributed by atoms with van der Waals surface area (Å²) in [6.07, 6.45) is 5.34. The van der Waals surface area contributed by atoms with Crippen LogP contribution in [0.1, 0.15) is 18.4 Å². The van der Waals surface area contributed by atoms with Gasteiger partial charge in [0.1, 0.15) is 5.82 Å². The number of hydrogen-bond acceptors (Lipinski definition) is 4. The molecule has 5 nitrogen and oxygen atoms in total. The normalized spacial score (nSPS) is 15.0. The standard InChI is InChI=1S/C17H19N3O2S/c1-23(22)15-7-2-12(3-8-15)10-18-14-6-9-16(19-11-14)20-17(21)13-4-5-13/h2-3,6-9,11,13,18H,4-5,10H2,1H3,(H,19,20,21)/t23-/m1/s1. The van der Waals surface area contributed by atoms with E-state index in [-0.39, 0.29) is 11.8 Å². The largest absolute Gasteiger partial charge is 0.380 e. The van der Waals surface area contributed by atoms with Crippen molar-refractivity contribution in [3.63, 3.8) is 0 Å². The number of amides is 1. The summed E-state index contributed by atoms with van der Waals surface area (Å²) in [5.41, 5.74) is 1.99. The van der Waals surface area contributed by atoms with Gasteiger partial charge in [-0.25, -0.2) is 4.98 Å². The maximum Gasteiger partial charge on any atom is 0.228 e. The monoisotopic (exact) mass is 329 g/mol. The summed E-state index contributed by atoms with van der Waals surface area (Å²) in [5, 5.41) is 6.09. The Morgan fingerprint density at radius 3 is 2.52 bits per heavy atom. The van der Waals surface area contributed by atoms with Gasteiger partial charge in [-0.1, -0.05) is 12.1 Å². The summed E-state index contributed by atoms with van der Waals surface area (Å²) < 4.78 is 11.3. The van der Waals surface area contributed by atoms with Crippen LogP contribution in [0.15, 0.2) is 47.5 Å². The van der Waals surface area contributed by atoms with Gasteiger partial charge in [0.15, 0.2) is 0 Å². The molecule has 0 spiro atoms. The van der Waals surface area contributed by atoms with E-state index >= 15 is 0 Å². The first-order chi connectivity index (χ1) is 11.1. The molecule has 3 rings (SSSR count). The minimum absolute atomic E-state index is 0.0617. The molecule has 6 heteroatoms. The van der Waals surface area contributed by atoms with E-state index in [0.717, 1.165) is 29.0 Å². The molecule has 120 valence electrons. The molecule has 0 unspecified atom stereocenters. The van der Waals surface area contributed by atoms with E-state index in [0.29, 0.717) is 12.4 Å². The van der Waals surface area contributed by atoms with Crippen LogP contribution < -0.4 is 10.6 Å². The third-order valence-corrected chi connectivity index (χ3v) is 4.65. The van der Waals surface area contributed by atoms with E-state index in [9.17, 15) is 9.00 Å². The summed E-state index contributed by atoms with van der Waals surface area (Å²) in [5.74, 6) is 0.823. The van der Waals surface area contributed by atoms with Gasteiger partial charge in [-0.2, -0.15) is 0 Å². The molecular formula is C17H19N3O2S. The lowest BCUT2D eigenvalue weighted by Gasteiger charge is -2.08. The minimum Gasteiger partial charge on any atom is -0.380 e. The van der Waals surface area contributed by atoms with Crippen LogP contribution in [0.4, 0.5) is 11.5 Å². The predicted molar refractivity (Wildman–Crippen MR) is 91.7 cm³/mol. The first-order valence-corrected chi connectivity index (χ1v) is 9.11. The van der Waals surface area contributed by atoms with Gasteiger partial charge in [-0.15, -0.1) is 0 Å². The van der Waals surface area contributed by atoms with Crippen molar-refractivity contribution < 1.29 is 9.00 Å². The zero-order chi connectivity index (χ0) is 16.2. The van der Waals surface area contributed by atoms with E-state index < -0.39 is 10.8 Å². The highest BCUT2D eigenvalue weighted by Crippen LogP contribution is 2.29. The van der Waals surface area contributed by atoms with E-state index in [1.807, 2.05) is 30.3 Å². The maximum atomic E-state index is 11.7. The Hall–Kier alpha value is -2.21. The van der Waals surface area contributed by atoms with Crippen molar-refractivity contribution in [3.05, 3.63) is 48.2 Å².